The van der Waals surface area contributed by atoms with Gasteiger partial charge in [0.1, 0.15) is 17.8 Å². The fraction of sp³-hybridized carbons (Fsp3) is 0.333. The first-order valence-corrected chi connectivity index (χ1v) is 10.6. The highest BCUT2D eigenvalue weighted by Crippen LogP contribution is 2.34. The number of anilines is 4. The summed E-state index contributed by atoms with van der Waals surface area (Å²) in [5.41, 5.74) is 9.31. The van der Waals surface area contributed by atoms with Crippen molar-refractivity contribution >= 4 is 23.0 Å². The number of nitrogens with zero attached hydrogens (tertiary/aromatic N) is 3. The topological polar surface area (TPSA) is 76.3 Å². The van der Waals surface area contributed by atoms with E-state index in [0.717, 1.165) is 49.6 Å². The molecule has 0 radical (unpaired) electrons. The molecule has 0 amide bonds. The molecule has 3 N–H and O–H groups in total. The molecule has 6 nitrogen and oxygen atoms in total. The molecule has 2 heterocycles. The zero-order chi connectivity index (χ0) is 20.8. The third-order valence-corrected chi connectivity index (χ3v) is 5.58. The summed E-state index contributed by atoms with van der Waals surface area (Å²) in [5.74, 6) is 2.89. The number of ether oxygens (including phenoxy) is 1. The quantitative estimate of drug-likeness (QED) is 0.597. The highest BCUT2D eigenvalue weighted by atomic mass is 16.5. The van der Waals surface area contributed by atoms with Gasteiger partial charge in [-0.25, -0.2) is 9.97 Å². The third kappa shape index (κ3) is 4.64. The molecule has 3 aromatic rings. The number of nitrogens with two attached hydrogens (primary N) is 1. The van der Waals surface area contributed by atoms with Crippen LogP contribution < -0.4 is 20.7 Å². The first-order valence-electron chi connectivity index (χ1n) is 10.6. The summed E-state index contributed by atoms with van der Waals surface area (Å²) in [4.78, 5) is 11.1. The lowest BCUT2D eigenvalue weighted by Gasteiger charge is -2.33. The third-order valence-electron chi connectivity index (χ3n) is 5.58. The average molecular weight is 404 g/mol. The van der Waals surface area contributed by atoms with Crippen molar-refractivity contribution in [3.8, 4) is 5.75 Å². The fourth-order valence-electron chi connectivity index (χ4n) is 4.01. The Morgan fingerprint density at radius 2 is 1.77 bits per heavy atom. The number of hydrogen-bond acceptors (Lipinski definition) is 6. The van der Waals surface area contributed by atoms with Gasteiger partial charge < -0.3 is 20.7 Å². The number of para-hydroxylation sites is 2. The number of rotatable bonds is 7. The smallest absolute Gasteiger partial charge is 0.159 e. The number of benzene rings is 2. The molecule has 156 valence electrons. The van der Waals surface area contributed by atoms with Gasteiger partial charge in [-0.2, -0.15) is 0 Å². The Morgan fingerprint density at radius 3 is 2.53 bits per heavy atom. The number of aromatic nitrogens is 2. The predicted molar refractivity (Wildman–Crippen MR) is 122 cm³/mol. The molecule has 0 atom stereocenters. The molecule has 1 aromatic heterocycles. The van der Waals surface area contributed by atoms with Gasteiger partial charge in [0.2, 0.25) is 0 Å². The van der Waals surface area contributed by atoms with E-state index in [0.29, 0.717) is 24.0 Å². The second-order valence-electron chi connectivity index (χ2n) is 7.63. The summed E-state index contributed by atoms with van der Waals surface area (Å²) in [7, 11) is 0. The van der Waals surface area contributed by atoms with Crippen LogP contribution in [0.4, 0.5) is 23.0 Å². The maximum Gasteiger partial charge on any atom is 0.159 e. The molecule has 0 aliphatic carbocycles. The van der Waals surface area contributed by atoms with Crippen molar-refractivity contribution in [1.82, 2.24) is 9.97 Å². The fourth-order valence-corrected chi connectivity index (χ4v) is 4.01. The van der Waals surface area contributed by atoms with Gasteiger partial charge in [0, 0.05) is 13.1 Å². The van der Waals surface area contributed by atoms with Crippen LogP contribution in [0.5, 0.6) is 5.75 Å². The normalized spacial score (nSPS) is 14.5. The summed E-state index contributed by atoms with van der Waals surface area (Å²) in [6.07, 6.45) is 4.98. The summed E-state index contributed by atoms with van der Waals surface area (Å²) >= 11 is 0. The van der Waals surface area contributed by atoms with Crippen LogP contribution in [0, 0.1) is 5.92 Å². The van der Waals surface area contributed by atoms with Gasteiger partial charge in [-0.1, -0.05) is 42.5 Å². The monoisotopic (exact) mass is 403 g/mol. The largest absolute Gasteiger partial charge is 0.492 e. The van der Waals surface area contributed by atoms with E-state index in [9.17, 15) is 0 Å². The predicted octanol–water partition coefficient (Wildman–Crippen LogP) is 4.66. The Kier molecular flexibility index (Phi) is 6.32. The maximum atomic E-state index is 6.47. The lowest BCUT2D eigenvalue weighted by molar-refractivity contribution is 0.342. The Hall–Kier alpha value is -3.28. The molecular formula is C24H29N5O. The Morgan fingerprint density at radius 1 is 1.03 bits per heavy atom. The van der Waals surface area contributed by atoms with Gasteiger partial charge in [-0.05, 0) is 49.8 Å². The van der Waals surface area contributed by atoms with Gasteiger partial charge in [0.15, 0.2) is 11.6 Å². The van der Waals surface area contributed by atoms with Crippen LogP contribution in [0.15, 0.2) is 60.9 Å². The van der Waals surface area contributed by atoms with Crippen LogP contribution in [-0.4, -0.2) is 29.7 Å². The van der Waals surface area contributed by atoms with Gasteiger partial charge in [-0.3, -0.25) is 0 Å². The summed E-state index contributed by atoms with van der Waals surface area (Å²) < 4.78 is 5.70. The maximum absolute atomic E-state index is 6.47. The summed E-state index contributed by atoms with van der Waals surface area (Å²) in [6, 6.07) is 18.5. The second-order valence-corrected chi connectivity index (χ2v) is 7.63. The highest BCUT2D eigenvalue weighted by molar-refractivity contribution is 5.79. The Bertz CT molecular complexity index is 955. The first-order chi connectivity index (χ1) is 14.7. The van der Waals surface area contributed by atoms with Crippen molar-refractivity contribution < 1.29 is 4.74 Å². The second kappa shape index (κ2) is 9.48. The van der Waals surface area contributed by atoms with E-state index in [1.807, 2.05) is 31.2 Å². The van der Waals surface area contributed by atoms with E-state index >= 15 is 0 Å². The number of hydrogen-bond donors (Lipinski definition) is 2. The molecule has 0 unspecified atom stereocenters. The molecular weight excluding hydrogens is 374 g/mol. The van der Waals surface area contributed by atoms with Gasteiger partial charge in [-0.15, -0.1) is 0 Å². The minimum atomic E-state index is 0.574. The SMILES string of the molecule is CCOc1ccccc1Nc1ncnc(N2CCC(Cc3ccccc3)CC2)c1N. The van der Waals surface area contributed by atoms with Crippen molar-refractivity contribution in [3.63, 3.8) is 0 Å². The molecule has 6 heteroatoms. The number of nitrogens with one attached hydrogen (secondary N) is 1. The van der Waals surface area contributed by atoms with E-state index in [1.54, 1.807) is 6.33 Å². The Balaban J connectivity index is 1.44. The van der Waals surface area contributed by atoms with Crippen LogP contribution in [0.2, 0.25) is 0 Å². The van der Waals surface area contributed by atoms with E-state index < -0.39 is 0 Å². The lowest BCUT2D eigenvalue weighted by atomic mass is 9.90. The van der Waals surface area contributed by atoms with E-state index in [-0.39, 0.29) is 0 Å². The van der Waals surface area contributed by atoms with E-state index in [4.69, 9.17) is 10.5 Å². The van der Waals surface area contributed by atoms with Gasteiger partial charge >= 0.3 is 0 Å². The molecule has 1 fully saturated rings. The molecule has 0 bridgehead atoms. The van der Waals surface area contributed by atoms with Crippen LogP contribution in [-0.2, 0) is 6.42 Å². The molecule has 2 aromatic carbocycles. The molecule has 0 spiro atoms. The van der Waals surface area contributed by atoms with Crippen LogP contribution in [0.3, 0.4) is 0 Å². The molecule has 1 saturated heterocycles. The van der Waals surface area contributed by atoms with Crippen molar-refractivity contribution in [3.05, 3.63) is 66.5 Å². The Labute approximate surface area is 178 Å². The van der Waals surface area contributed by atoms with Crippen LogP contribution in [0.25, 0.3) is 0 Å². The first kappa shape index (κ1) is 20.0. The standard InChI is InChI=1S/C24H29N5O/c1-2-30-21-11-7-6-10-20(21)28-23-22(25)24(27-17-26-23)29-14-12-19(13-15-29)16-18-8-4-3-5-9-18/h3-11,17,19H,2,12-16,25H2,1H3,(H,26,27,28). The molecule has 1 aliphatic rings. The van der Waals surface area contributed by atoms with Crippen LogP contribution in [0.1, 0.15) is 25.3 Å². The van der Waals surface area contributed by atoms with Crippen LogP contribution >= 0.6 is 0 Å². The van der Waals surface area contributed by atoms with Crippen molar-refractivity contribution in [2.24, 2.45) is 5.92 Å². The van der Waals surface area contributed by atoms with E-state index in [2.05, 4.69) is 50.5 Å². The van der Waals surface area contributed by atoms with Gasteiger partial charge in [0.25, 0.3) is 0 Å². The van der Waals surface area contributed by atoms with E-state index in [1.165, 1.54) is 5.56 Å². The molecule has 30 heavy (non-hydrogen) atoms. The lowest BCUT2D eigenvalue weighted by Crippen LogP contribution is -2.35. The summed E-state index contributed by atoms with van der Waals surface area (Å²) in [6.45, 7) is 4.47. The molecule has 4 rings (SSSR count). The highest BCUT2D eigenvalue weighted by Gasteiger charge is 2.23. The van der Waals surface area contributed by atoms with Crippen molar-refractivity contribution in [2.75, 3.05) is 35.6 Å². The van der Waals surface area contributed by atoms with Gasteiger partial charge in [0.05, 0.1) is 12.3 Å². The van der Waals surface area contributed by atoms with Crippen molar-refractivity contribution in [1.29, 1.82) is 0 Å². The minimum Gasteiger partial charge on any atom is -0.492 e. The minimum absolute atomic E-state index is 0.574. The zero-order valence-electron chi connectivity index (χ0n) is 17.4. The summed E-state index contributed by atoms with van der Waals surface area (Å²) in [5, 5.41) is 3.32. The molecule has 0 saturated carbocycles. The molecule has 1 aliphatic heterocycles. The van der Waals surface area contributed by atoms with Crippen molar-refractivity contribution in [2.45, 2.75) is 26.2 Å². The number of piperidine rings is 1. The number of nitrogen functional groups attached to an aromatic ring is 1. The zero-order valence-corrected chi connectivity index (χ0v) is 17.4. The average Bonchev–Trinajstić information content (AvgIpc) is 2.78.